The Morgan fingerprint density at radius 2 is 1.77 bits per heavy atom. The Kier molecular flexibility index (Phi) is 8.02. The molecule has 1 saturated heterocycles. The Labute approximate surface area is 156 Å². The quantitative estimate of drug-likeness (QED) is 0.576. The standard InChI is InChI=1S/C18H29N3O4S/c1-3-20(4-2)11-5-10-19-18(22)16-6-8-17(9-7-16)26(23,24)21-12-14-25-15-13-21/h6-9H,3-5,10-15H2,1-2H3,(H,19,22)/p+1. The third-order valence-corrected chi connectivity index (χ3v) is 6.63. The van der Waals surface area contributed by atoms with Gasteiger partial charge >= 0.3 is 0 Å². The van der Waals surface area contributed by atoms with Crippen LogP contribution in [0.2, 0.25) is 0 Å². The van der Waals surface area contributed by atoms with Gasteiger partial charge in [0.2, 0.25) is 10.0 Å². The number of ether oxygens (including phenoxy) is 1. The van der Waals surface area contributed by atoms with Gasteiger partial charge in [-0.2, -0.15) is 4.31 Å². The van der Waals surface area contributed by atoms with Crippen LogP contribution in [-0.2, 0) is 14.8 Å². The van der Waals surface area contributed by atoms with Gasteiger partial charge in [-0.1, -0.05) is 0 Å². The van der Waals surface area contributed by atoms with Crippen LogP contribution in [-0.4, -0.2) is 71.1 Å². The Bertz CT molecular complexity index is 666. The lowest BCUT2D eigenvalue weighted by Crippen LogP contribution is -3.11. The molecule has 0 atom stereocenters. The maximum atomic E-state index is 12.6. The Morgan fingerprint density at radius 3 is 2.35 bits per heavy atom. The van der Waals surface area contributed by atoms with Crippen molar-refractivity contribution >= 4 is 15.9 Å². The molecule has 2 N–H and O–H groups in total. The van der Waals surface area contributed by atoms with Crippen LogP contribution >= 0.6 is 0 Å². The molecule has 0 saturated carbocycles. The minimum Gasteiger partial charge on any atom is -0.379 e. The highest BCUT2D eigenvalue weighted by molar-refractivity contribution is 7.89. The number of hydrogen-bond donors (Lipinski definition) is 2. The molecule has 1 fully saturated rings. The first-order valence-electron chi connectivity index (χ1n) is 9.28. The third-order valence-electron chi connectivity index (χ3n) is 4.72. The predicted octanol–water partition coefficient (Wildman–Crippen LogP) is -0.248. The molecule has 1 aliphatic heterocycles. The predicted molar refractivity (Wildman–Crippen MR) is 99.9 cm³/mol. The molecular weight excluding hydrogens is 354 g/mol. The molecule has 0 aliphatic carbocycles. The molecular formula is C18H30N3O4S+. The van der Waals surface area contributed by atoms with E-state index in [0.717, 1.165) is 26.1 Å². The smallest absolute Gasteiger partial charge is 0.251 e. The monoisotopic (exact) mass is 384 g/mol. The highest BCUT2D eigenvalue weighted by atomic mass is 32.2. The summed E-state index contributed by atoms with van der Waals surface area (Å²) in [6.45, 7) is 9.68. The summed E-state index contributed by atoms with van der Waals surface area (Å²) in [6.07, 6.45) is 0.923. The van der Waals surface area contributed by atoms with Crippen molar-refractivity contribution in [2.75, 3.05) is 52.5 Å². The number of benzene rings is 1. The maximum absolute atomic E-state index is 12.6. The average Bonchev–Trinajstić information content (AvgIpc) is 2.68. The lowest BCUT2D eigenvalue weighted by atomic mass is 10.2. The molecule has 0 spiro atoms. The van der Waals surface area contributed by atoms with E-state index in [4.69, 9.17) is 4.74 Å². The van der Waals surface area contributed by atoms with Crippen molar-refractivity contribution in [2.45, 2.75) is 25.2 Å². The first-order chi connectivity index (χ1) is 12.5. The summed E-state index contributed by atoms with van der Waals surface area (Å²) in [5, 5.41) is 2.90. The van der Waals surface area contributed by atoms with Gasteiger partial charge in [0.25, 0.3) is 5.91 Å². The van der Waals surface area contributed by atoms with Crippen molar-refractivity contribution in [2.24, 2.45) is 0 Å². The van der Waals surface area contributed by atoms with Crippen molar-refractivity contribution in [1.82, 2.24) is 9.62 Å². The van der Waals surface area contributed by atoms with E-state index < -0.39 is 10.0 Å². The number of nitrogens with zero attached hydrogens (tertiary/aromatic N) is 1. The fourth-order valence-electron chi connectivity index (χ4n) is 2.96. The molecule has 0 unspecified atom stereocenters. The van der Waals surface area contributed by atoms with Crippen LogP contribution in [0.5, 0.6) is 0 Å². The van der Waals surface area contributed by atoms with Gasteiger partial charge in [0.05, 0.1) is 37.7 Å². The van der Waals surface area contributed by atoms with Gasteiger partial charge in [0.1, 0.15) is 0 Å². The second-order valence-corrected chi connectivity index (χ2v) is 8.30. The fraction of sp³-hybridized carbons (Fsp3) is 0.611. The zero-order valence-corrected chi connectivity index (χ0v) is 16.5. The van der Waals surface area contributed by atoms with Crippen LogP contribution in [0.3, 0.4) is 0 Å². The summed E-state index contributed by atoms with van der Waals surface area (Å²) in [6, 6.07) is 6.14. The van der Waals surface area contributed by atoms with E-state index in [1.165, 1.54) is 21.3 Å². The van der Waals surface area contributed by atoms with Crippen molar-refractivity contribution in [3.05, 3.63) is 29.8 Å². The highest BCUT2D eigenvalue weighted by Gasteiger charge is 2.26. The molecule has 1 heterocycles. The van der Waals surface area contributed by atoms with E-state index in [2.05, 4.69) is 19.2 Å². The lowest BCUT2D eigenvalue weighted by Gasteiger charge is -2.26. The number of carbonyl (C=O) groups excluding carboxylic acids is 1. The summed E-state index contributed by atoms with van der Waals surface area (Å²) in [7, 11) is -3.52. The van der Waals surface area contributed by atoms with E-state index in [1.807, 2.05) is 0 Å². The Hall–Kier alpha value is -1.48. The highest BCUT2D eigenvalue weighted by Crippen LogP contribution is 2.17. The first kappa shape index (κ1) is 20.8. The van der Waals surface area contributed by atoms with Gasteiger partial charge in [-0.3, -0.25) is 4.79 Å². The topological polar surface area (TPSA) is 80.2 Å². The Morgan fingerprint density at radius 1 is 1.15 bits per heavy atom. The van der Waals surface area contributed by atoms with Crippen molar-refractivity contribution < 1.29 is 22.8 Å². The average molecular weight is 385 g/mol. The van der Waals surface area contributed by atoms with Crippen LogP contribution in [0.1, 0.15) is 30.6 Å². The number of nitrogens with one attached hydrogen (secondary N) is 2. The summed E-state index contributed by atoms with van der Waals surface area (Å²) in [5.41, 5.74) is 0.473. The number of morpholine rings is 1. The van der Waals surface area contributed by atoms with Crippen LogP contribution in [0, 0.1) is 0 Å². The van der Waals surface area contributed by atoms with E-state index in [0.29, 0.717) is 38.4 Å². The zero-order valence-electron chi connectivity index (χ0n) is 15.7. The molecule has 7 nitrogen and oxygen atoms in total. The van der Waals surface area contributed by atoms with Crippen LogP contribution in [0.25, 0.3) is 0 Å². The first-order valence-corrected chi connectivity index (χ1v) is 10.7. The van der Waals surface area contributed by atoms with Crippen molar-refractivity contribution in [3.8, 4) is 0 Å². The van der Waals surface area contributed by atoms with E-state index >= 15 is 0 Å². The SMILES string of the molecule is CC[NH+](CC)CCCNC(=O)c1ccc(S(=O)(=O)N2CCOCC2)cc1. The number of hydrogen-bond acceptors (Lipinski definition) is 4. The molecule has 1 aliphatic rings. The third kappa shape index (κ3) is 5.51. The lowest BCUT2D eigenvalue weighted by molar-refractivity contribution is -0.896. The largest absolute Gasteiger partial charge is 0.379 e. The fourth-order valence-corrected chi connectivity index (χ4v) is 4.37. The normalized spacial score (nSPS) is 16.0. The summed E-state index contributed by atoms with van der Waals surface area (Å²) < 4.78 is 31.7. The van der Waals surface area contributed by atoms with Gasteiger partial charge in [-0.05, 0) is 38.1 Å². The molecule has 2 rings (SSSR count). The second-order valence-electron chi connectivity index (χ2n) is 6.36. The number of sulfonamides is 1. The molecule has 0 radical (unpaired) electrons. The van der Waals surface area contributed by atoms with Crippen LogP contribution < -0.4 is 10.2 Å². The van der Waals surface area contributed by atoms with E-state index in [-0.39, 0.29) is 10.8 Å². The van der Waals surface area contributed by atoms with Crippen molar-refractivity contribution in [3.63, 3.8) is 0 Å². The van der Waals surface area contributed by atoms with Gasteiger partial charge in [0, 0.05) is 31.6 Å². The molecule has 26 heavy (non-hydrogen) atoms. The molecule has 1 amide bonds. The molecule has 1 aromatic carbocycles. The molecule has 0 bridgehead atoms. The summed E-state index contributed by atoms with van der Waals surface area (Å²) in [5.74, 6) is -0.171. The van der Waals surface area contributed by atoms with Gasteiger partial charge < -0.3 is 15.0 Å². The molecule has 146 valence electrons. The van der Waals surface area contributed by atoms with Gasteiger partial charge in [0.15, 0.2) is 0 Å². The summed E-state index contributed by atoms with van der Waals surface area (Å²) in [4.78, 5) is 13.9. The zero-order chi connectivity index (χ0) is 19.0. The minimum atomic E-state index is -3.52. The number of quaternary nitrogens is 1. The second kappa shape index (κ2) is 10.0. The number of carbonyl (C=O) groups is 1. The van der Waals surface area contributed by atoms with Gasteiger partial charge in [-0.15, -0.1) is 0 Å². The number of rotatable bonds is 9. The van der Waals surface area contributed by atoms with Crippen LogP contribution in [0.4, 0.5) is 0 Å². The molecule has 1 aromatic rings. The molecule has 0 aromatic heterocycles. The molecule has 8 heteroatoms. The van der Waals surface area contributed by atoms with E-state index in [1.54, 1.807) is 12.1 Å². The van der Waals surface area contributed by atoms with Crippen LogP contribution in [0.15, 0.2) is 29.2 Å². The van der Waals surface area contributed by atoms with Gasteiger partial charge in [-0.25, -0.2) is 8.42 Å². The summed E-state index contributed by atoms with van der Waals surface area (Å²) >= 11 is 0. The maximum Gasteiger partial charge on any atom is 0.251 e. The van der Waals surface area contributed by atoms with Crippen molar-refractivity contribution in [1.29, 1.82) is 0 Å². The Balaban J connectivity index is 1.89. The van der Waals surface area contributed by atoms with E-state index in [9.17, 15) is 13.2 Å². The minimum absolute atomic E-state index is 0.171. The number of amides is 1.